The highest BCUT2D eigenvalue weighted by Crippen LogP contribution is 2.35. The first-order valence-corrected chi connectivity index (χ1v) is 6.76. The number of hydrogen-bond acceptors (Lipinski definition) is 5. The molecule has 0 radical (unpaired) electrons. The SMILES string of the molecule is C[C@@H](O)CNS(=O)(=O)c1c(O)cccc1OC(F)(F)F. The van der Waals surface area contributed by atoms with E-state index in [2.05, 4.69) is 4.74 Å². The molecule has 3 N–H and O–H groups in total. The lowest BCUT2D eigenvalue weighted by Crippen LogP contribution is -2.31. The number of nitrogens with one attached hydrogen (secondary N) is 1. The Bertz CT molecular complexity index is 571. The topological polar surface area (TPSA) is 95.9 Å². The molecule has 1 aromatic rings. The molecule has 10 heteroatoms. The molecule has 0 heterocycles. The minimum atomic E-state index is -5.11. The molecule has 0 fully saturated rings. The fourth-order valence-electron chi connectivity index (χ4n) is 1.28. The molecule has 20 heavy (non-hydrogen) atoms. The summed E-state index contributed by atoms with van der Waals surface area (Å²) in [5.41, 5.74) is 0. The summed E-state index contributed by atoms with van der Waals surface area (Å²) in [6.07, 6.45) is -6.16. The van der Waals surface area contributed by atoms with Gasteiger partial charge in [-0.3, -0.25) is 0 Å². The van der Waals surface area contributed by atoms with Gasteiger partial charge in [-0.15, -0.1) is 13.2 Å². The molecular weight excluding hydrogens is 303 g/mol. The van der Waals surface area contributed by atoms with Crippen molar-refractivity contribution in [3.63, 3.8) is 0 Å². The third kappa shape index (κ3) is 4.54. The Morgan fingerprint density at radius 3 is 2.50 bits per heavy atom. The van der Waals surface area contributed by atoms with Gasteiger partial charge in [0.05, 0.1) is 6.10 Å². The van der Waals surface area contributed by atoms with Gasteiger partial charge >= 0.3 is 6.36 Å². The van der Waals surface area contributed by atoms with Crippen molar-refractivity contribution >= 4 is 10.0 Å². The van der Waals surface area contributed by atoms with E-state index in [4.69, 9.17) is 5.11 Å². The summed E-state index contributed by atoms with van der Waals surface area (Å²) in [4.78, 5) is -1.04. The van der Waals surface area contributed by atoms with Gasteiger partial charge in [0, 0.05) is 6.54 Å². The van der Waals surface area contributed by atoms with Crippen LogP contribution >= 0.6 is 0 Å². The normalized spacial score (nSPS) is 14.1. The summed E-state index contributed by atoms with van der Waals surface area (Å²) >= 11 is 0. The number of aromatic hydroxyl groups is 1. The number of aliphatic hydroxyl groups is 1. The van der Waals surface area contributed by atoms with Crippen molar-refractivity contribution in [1.29, 1.82) is 0 Å². The highest BCUT2D eigenvalue weighted by atomic mass is 32.2. The molecular formula is C10H12F3NO5S. The number of hydrogen-bond donors (Lipinski definition) is 3. The molecule has 0 saturated heterocycles. The van der Waals surface area contributed by atoms with Gasteiger partial charge in [-0.05, 0) is 19.1 Å². The van der Waals surface area contributed by atoms with Gasteiger partial charge in [-0.25, -0.2) is 13.1 Å². The minimum Gasteiger partial charge on any atom is -0.506 e. The lowest BCUT2D eigenvalue weighted by Gasteiger charge is -2.15. The van der Waals surface area contributed by atoms with Crippen LogP contribution in [0, 0.1) is 0 Å². The van der Waals surface area contributed by atoms with Gasteiger partial charge in [0.1, 0.15) is 5.75 Å². The number of benzene rings is 1. The molecule has 0 aromatic heterocycles. The Labute approximate surface area is 112 Å². The van der Waals surface area contributed by atoms with Crippen molar-refractivity contribution < 1.29 is 36.5 Å². The molecule has 6 nitrogen and oxygen atoms in total. The van der Waals surface area contributed by atoms with Crippen molar-refractivity contribution in [2.75, 3.05) is 6.54 Å². The lowest BCUT2D eigenvalue weighted by atomic mass is 10.3. The second-order valence-corrected chi connectivity index (χ2v) is 5.56. The van der Waals surface area contributed by atoms with E-state index in [0.717, 1.165) is 18.2 Å². The monoisotopic (exact) mass is 315 g/mol. The van der Waals surface area contributed by atoms with Crippen molar-refractivity contribution in [1.82, 2.24) is 4.72 Å². The highest BCUT2D eigenvalue weighted by Gasteiger charge is 2.35. The van der Waals surface area contributed by atoms with Crippen LogP contribution in [0.5, 0.6) is 11.5 Å². The number of phenols is 1. The van der Waals surface area contributed by atoms with Crippen LogP contribution in [0.4, 0.5) is 13.2 Å². The van der Waals surface area contributed by atoms with Gasteiger partial charge in [0.2, 0.25) is 10.0 Å². The molecule has 0 unspecified atom stereocenters. The Hall–Kier alpha value is -1.52. The maximum Gasteiger partial charge on any atom is 0.573 e. The van der Waals surface area contributed by atoms with E-state index in [1.165, 1.54) is 6.92 Å². The zero-order valence-electron chi connectivity index (χ0n) is 10.2. The number of halogens is 3. The van der Waals surface area contributed by atoms with Crippen molar-refractivity contribution in [3.8, 4) is 11.5 Å². The highest BCUT2D eigenvalue weighted by molar-refractivity contribution is 7.89. The van der Waals surface area contributed by atoms with Crippen LogP contribution in [-0.4, -0.2) is 37.6 Å². The first kappa shape index (κ1) is 16.5. The predicted octanol–water partition coefficient (Wildman–Crippen LogP) is 0.950. The van der Waals surface area contributed by atoms with E-state index in [1.54, 1.807) is 0 Å². The van der Waals surface area contributed by atoms with Crippen LogP contribution < -0.4 is 9.46 Å². The molecule has 0 aliphatic rings. The summed E-state index contributed by atoms with van der Waals surface area (Å²) in [5.74, 6) is -1.96. The molecule has 1 rings (SSSR count). The van der Waals surface area contributed by atoms with E-state index < -0.39 is 45.4 Å². The second-order valence-electron chi connectivity index (χ2n) is 3.85. The van der Waals surface area contributed by atoms with Gasteiger partial charge < -0.3 is 14.9 Å². The fourth-order valence-corrected chi connectivity index (χ4v) is 2.60. The molecule has 0 amide bonds. The Kier molecular flexibility index (Phi) is 4.84. The lowest BCUT2D eigenvalue weighted by molar-refractivity contribution is -0.275. The van der Waals surface area contributed by atoms with Crippen LogP contribution in [0.1, 0.15) is 6.92 Å². The molecule has 0 spiro atoms. The Morgan fingerprint density at radius 2 is 2.00 bits per heavy atom. The third-order valence-corrected chi connectivity index (χ3v) is 3.52. The Morgan fingerprint density at radius 1 is 1.40 bits per heavy atom. The summed E-state index contributed by atoms with van der Waals surface area (Å²) in [6, 6.07) is 2.66. The van der Waals surface area contributed by atoms with E-state index in [-0.39, 0.29) is 0 Å². The van der Waals surface area contributed by atoms with Gasteiger partial charge in [-0.2, -0.15) is 0 Å². The van der Waals surface area contributed by atoms with Crippen LogP contribution in [0.3, 0.4) is 0 Å². The zero-order valence-corrected chi connectivity index (χ0v) is 11.0. The quantitative estimate of drug-likeness (QED) is 0.752. The largest absolute Gasteiger partial charge is 0.573 e. The first-order valence-electron chi connectivity index (χ1n) is 5.28. The maximum absolute atomic E-state index is 12.2. The molecule has 114 valence electrons. The third-order valence-electron chi connectivity index (χ3n) is 2.02. The summed E-state index contributed by atoms with van der Waals surface area (Å²) in [6.45, 7) is 0.850. The molecule has 0 bridgehead atoms. The van der Waals surface area contributed by atoms with Gasteiger partial charge in [-0.1, -0.05) is 6.07 Å². The average molecular weight is 315 g/mol. The fraction of sp³-hybridized carbons (Fsp3) is 0.400. The standard InChI is InChI=1S/C10H12F3NO5S/c1-6(15)5-14-20(17,18)9-7(16)3-2-4-8(9)19-10(11,12)13/h2-4,6,14-16H,5H2,1H3/t6-/m1/s1. The molecule has 0 saturated carbocycles. The molecule has 1 aromatic carbocycles. The summed E-state index contributed by atoms with van der Waals surface area (Å²) in [7, 11) is -4.47. The zero-order chi connectivity index (χ0) is 15.6. The smallest absolute Gasteiger partial charge is 0.506 e. The summed E-state index contributed by atoms with van der Waals surface area (Å²) < 4.78 is 65.7. The van der Waals surface area contributed by atoms with E-state index in [0.29, 0.717) is 0 Å². The van der Waals surface area contributed by atoms with Gasteiger partial charge in [0.25, 0.3) is 0 Å². The van der Waals surface area contributed by atoms with Gasteiger partial charge in [0.15, 0.2) is 10.6 Å². The van der Waals surface area contributed by atoms with Crippen LogP contribution in [-0.2, 0) is 10.0 Å². The molecule has 1 atom stereocenters. The van der Waals surface area contributed by atoms with Crippen LogP contribution in [0.2, 0.25) is 0 Å². The molecule has 0 aliphatic heterocycles. The van der Waals surface area contributed by atoms with Crippen LogP contribution in [0.15, 0.2) is 23.1 Å². The van der Waals surface area contributed by atoms with Crippen molar-refractivity contribution in [2.24, 2.45) is 0 Å². The number of rotatable bonds is 5. The number of aliphatic hydroxyl groups excluding tert-OH is 1. The minimum absolute atomic E-state index is 0.428. The maximum atomic E-state index is 12.2. The Balaban J connectivity index is 3.22. The van der Waals surface area contributed by atoms with Crippen LogP contribution in [0.25, 0.3) is 0 Å². The summed E-state index contributed by atoms with van der Waals surface area (Å²) in [5, 5.41) is 18.4. The van der Waals surface area contributed by atoms with E-state index in [9.17, 15) is 26.7 Å². The van der Waals surface area contributed by atoms with Crippen molar-refractivity contribution in [2.45, 2.75) is 24.3 Å². The number of phenolic OH excluding ortho intramolecular Hbond substituents is 1. The molecule has 0 aliphatic carbocycles. The van der Waals surface area contributed by atoms with E-state index >= 15 is 0 Å². The number of alkyl halides is 3. The average Bonchev–Trinajstić information content (AvgIpc) is 2.24. The number of sulfonamides is 1. The first-order chi connectivity index (χ1) is 9.03. The van der Waals surface area contributed by atoms with Crippen molar-refractivity contribution in [3.05, 3.63) is 18.2 Å². The predicted molar refractivity (Wildman–Crippen MR) is 61.7 cm³/mol. The van der Waals surface area contributed by atoms with E-state index in [1.807, 2.05) is 4.72 Å². The second kappa shape index (κ2) is 5.85. The number of ether oxygens (including phenoxy) is 1.